The largest absolute Gasteiger partial charge is 0.508 e. The van der Waals surface area contributed by atoms with Crippen molar-refractivity contribution in [3.63, 3.8) is 0 Å². The molecule has 4 heteroatoms. The number of phenolic OH excluding ortho intramolecular Hbond substituents is 2. The van der Waals surface area contributed by atoms with Crippen molar-refractivity contribution in [1.82, 2.24) is 0 Å². The lowest BCUT2D eigenvalue weighted by Gasteiger charge is -2.18. The molecule has 1 atom stereocenters. The number of benzene rings is 2. The topological polar surface area (TPSA) is 52.5 Å². The summed E-state index contributed by atoms with van der Waals surface area (Å²) in [5.41, 5.74) is 2.52. The van der Waals surface area contributed by atoms with E-state index in [0.29, 0.717) is 10.6 Å². The van der Waals surface area contributed by atoms with Crippen LogP contribution < -0.4 is 5.32 Å². The molecule has 0 aliphatic rings. The molecule has 0 radical (unpaired) electrons. The molecule has 0 bridgehead atoms. The van der Waals surface area contributed by atoms with Crippen LogP contribution >= 0.6 is 11.6 Å². The van der Waals surface area contributed by atoms with Gasteiger partial charge in [0.2, 0.25) is 0 Å². The maximum Gasteiger partial charge on any atom is 0.121 e. The summed E-state index contributed by atoms with van der Waals surface area (Å²) in [6.07, 6.45) is 0. The molecule has 0 fully saturated rings. The van der Waals surface area contributed by atoms with Crippen LogP contribution in [-0.4, -0.2) is 10.2 Å². The molecule has 19 heavy (non-hydrogen) atoms. The first kappa shape index (κ1) is 13.6. The van der Waals surface area contributed by atoms with Gasteiger partial charge in [-0.3, -0.25) is 0 Å². The molecule has 0 aliphatic heterocycles. The predicted octanol–water partition coefficient (Wildman–Crippen LogP) is 4.23. The number of aryl methyl sites for hydroxylation is 1. The van der Waals surface area contributed by atoms with E-state index in [-0.39, 0.29) is 17.5 Å². The molecule has 3 N–H and O–H groups in total. The van der Waals surface area contributed by atoms with Crippen LogP contribution in [0, 0.1) is 6.92 Å². The maximum atomic E-state index is 9.82. The molecular weight excluding hydrogens is 262 g/mol. The van der Waals surface area contributed by atoms with E-state index in [1.807, 2.05) is 32.0 Å². The Kier molecular flexibility index (Phi) is 3.86. The number of nitrogens with one attached hydrogen (secondary N) is 1. The third-order valence-corrected chi connectivity index (χ3v) is 3.30. The lowest BCUT2D eigenvalue weighted by Crippen LogP contribution is -2.07. The average molecular weight is 278 g/mol. The quantitative estimate of drug-likeness (QED) is 0.736. The summed E-state index contributed by atoms with van der Waals surface area (Å²) in [6, 6.07) is 9.99. The summed E-state index contributed by atoms with van der Waals surface area (Å²) in [5.74, 6) is 0.262. The highest BCUT2D eigenvalue weighted by Crippen LogP contribution is 2.32. The summed E-state index contributed by atoms with van der Waals surface area (Å²) >= 11 is 6.12. The van der Waals surface area contributed by atoms with Gasteiger partial charge in [0.1, 0.15) is 11.5 Å². The second-order valence-corrected chi connectivity index (χ2v) is 5.00. The van der Waals surface area contributed by atoms with E-state index in [1.54, 1.807) is 0 Å². The molecule has 0 aromatic heterocycles. The minimum atomic E-state index is -0.175. The fourth-order valence-corrected chi connectivity index (χ4v) is 2.12. The minimum absolute atomic E-state index is 0.122. The monoisotopic (exact) mass is 277 g/mol. The predicted molar refractivity (Wildman–Crippen MR) is 78.0 cm³/mol. The lowest BCUT2D eigenvalue weighted by molar-refractivity contribution is 0.451. The Bertz CT molecular complexity index is 599. The van der Waals surface area contributed by atoms with Crippen LogP contribution in [0.15, 0.2) is 36.4 Å². The van der Waals surface area contributed by atoms with Crippen molar-refractivity contribution in [1.29, 1.82) is 0 Å². The molecule has 2 rings (SSSR count). The summed E-state index contributed by atoms with van der Waals surface area (Å²) in [7, 11) is 0. The molecule has 3 nitrogen and oxygen atoms in total. The Morgan fingerprint density at radius 2 is 1.84 bits per heavy atom. The van der Waals surface area contributed by atoms with Crippen molar-refractivity contribution in [2.45, 2.75) is 19.9 Å². The lowest BCUT2D eigenvalue weighted by atomic mass is 10.1. The van der Waals surface area contributed by atoms with Gasteiger partial charge < -0.3 is 15.5 Å². The van der Waals surface area contributed by atoms with Crippen LogP contribution in [0.2, 0.25) is 5.02 Å². The van der Waals surface area contributed by atoms with Gasteiger partial charge in [0.15, 0.2) is 0 Å². The van der Waals surface area contributed by atoms with E-state index in [4.69, 9.17) is 11.6 Å². The zero-order valence-corrected chi connectivity index (χ0v) is 11.6. The van der Waals surface area contributed by atoms with E-state index >= 15 is 0 Å². The number of hydrogen-bond acceptors (Lipinski definition) is 3. The number of hydrogen-bond donors (Lipinski definition) is 3. The molecular formula is C15H16ClNO2. The number of anilines is 1. The van der Waals surface area contributed by atoms with E-state index in [2.05, 4.69) is 5.32 Å². The Balaban J connectivity index is 2.27. The van der Waals surface area contributed by atoms with Gasteiger partial charge >= 0.3 is 0 Å². The first-order valence-electron chi connectivity index (χ1n) is 6.02. The van der Waals surface area contributed by atoms with Crippen LogP contribution in [0.5, 0.6) is 11.5 Å². The number of aromatic hydroxyl groups is 2. The number of phenols is 2. The molecule has 2 aromatic carbocycles. The second kappa shape index (κ2) is 5.41. The summed E-state index contributed by atoms with van der Waals surface area (Å²) < 4.78 is 0. The third-order valence-electron chi connectivity index (χ3n) is 2.97. The van der Waals surface area contributed by atoms with Crippen LogP contribution in [-0.2, 0) is 0 Å². The second-order valence-electron chi connectivity index (χ2n) is 4.59. The Labute approximate surface area is 117 Å². The SMILES string of the molecule is Cc1ccc(Cl)c(NC(C)c2cc(O)ccc2O)c1. The van der Waals surface area contributed by atoms with Crippen molar-refractivity contribution < 1.29 is 10.2 Å². The van der Waals surface area contributed by atoms with E-state index in [1.165, 1.54) is 18.2 Å². The maximum absolute atomic E-state index is 9.82. The average Bonchev–Trinajstić information content (AvgIpc) is 2.36. The molecule has 0 saturated carbocycles. The molecule has 100 valence electrons. The van der Waals surface area contributed by atoms with Crippen molar-refractivity contribution in [2.24, 2.45) is 0 Å². The molecule has 0 amide bonds. The zero-order chi connectivity index (χ0) is 14.0. The molecule has 0 heterocycles. The Morgan fingerprint density at radius 3 is 2.58 bits per heavy atom. The van der Waals surface area contributed by atoms with Gasteiger partial charge in [0.25, 0.3) is 0 Å². The molecule has 0 saturated heterocycles. The first-order valence-corrected chi connectivity index (χ1v) is 6.39. The van der Waals surface area contributed by atoms with E-state index < -0.39 is 0 Å². The summed E-state index contributed by atoms with van der Waals surface area (Å²) in [6.45, 7) is 3.88. The summed E-state index contributed by atoms with van der Waals surface area (Å²) in [4.78, 5) is 0. The number of halogens is 1. The minimum Gasteiger partial charge on any atom is -0.508 e. The van der Waals surface area contributed by atoms with Crippen LogP contribution in [0.1, 0.15) is 24.1 Å². The highest BCUT2D eigenvalue weighted by Gasteiger charge is 2.12. The van der Waals surface area contributed by atoms with Crippen molar-refractivity contribution in [3.8, 4) is 11.5 Å². The molecule has 0 spiro atoms. The summed E-state index contributed by atoms with van der Waals surface area (Å²) in [5, 5.41) is 23.2. The Hall–Kier alpha value is -1.87. The first-order chi connectivity index (χ1) is 8.97. The van der Waals surface area contributed by atoms with Gasteiger partial charge in [-0.1, -0.05) is 17.7 Å². The van der Waals surface area contributed by atoms with Gasteiger partial charge in [0, 0.05) is 5.56 Å². The van der Waals surface area contributed by atoms with Crippen LogP contribution in [0.3, 0.4) is 0 Å². The molecule has 2 aromatic rings. The van der Waals surface area contributed by atoms with Gasteiger partial charge in [-0.25, -0.2) is 0 Å². The zero-order valence-electron chi connectivity index (χ0n) is 10.8. The fourth-order valence-electron chi connectivity index (χ4n) is 1.95. The van der Waals surface area contributed by atoms with E-state index in [9.17, 15) is 10.2 Å². The molecule has 1 unspecified atom stereocenters. The van der Waals surface area contributed by atoms with Crippen LogP contribution in [0.25, 0.3) is 0 Å². The standard InChI is InChI=1S/C15H16ClNO2/c1-9-3-5-13(16)14(7-9)17-10(2)12-8-11(18)4-6-15(12)19/h3-8,10,17-19H,1-2H3. The van der Waals surface area contributed by atoms with Gasteiger partial charge in [-0.05, 0) is 49.7 Å². The van der Waals surface area contributed by atoms with Crippen LogP contribution in [0.4, 0.5) is 5.69 Å². The van der Waals surface area contributed by atoms with E-state index in [0.717, 1.165) is 11.3 Å². The van der Waals surface area contributed by atoms with Crippen molar-refractivity contribution >= 4 is 17.3 Å². The third kappa shape index (κ3) is 3.12. The Morgan fingerprint density at radius 1 is 1.11 bits per heavy atom. The normalized spacial score (nSPS) is 12.2. The number of rotatable bonds is 3. The molecule has 0 aliphatic carbocycles. The van der Waals surface area contributed by atoms with Gasteiger partial charge in [-0.2, -0.15) is 0 Å². The van der Waals surface area contributed by atoms with Crippen molar-refractivity contribution in [3.05, 3.63) is 52.5 Å². The fraction of sp³-hybridized carbons (Fsp3) is 0.200. The van der Waals surface area contributed by atoms with Crippen molar-refractivity contribution in [2.75, 3.05) is 5.32 Å². The highest BCUT2D eigenvalue weighted by molar-refractivity contribution is 6.33. The van der Waals surface area contributed by atoms with Gasteiger partial charge in [0.05, 0.1) is 16.8 Å². The highest BCUT2D eigenvalue weighted by atomic mass is 35.5. The smallest absolute Gasteiger partial charge is 0.121 e. The van der Waals surface area contributed by atoms with Gasteiger partial charge in [-0.15, -0.1) is 0 Å².